The third-order valence-electron chi connectivity index (χ3n) is 5.45. The molecule has 1 heterocycles. The fourth-order valence-corrected chi connectivity index (χ4v) is 4.07. The fourth-order valence-electron chi connectivity index (χ4n) is 4.07. The van der Waals surface area contributed by atoms with Gasteiger partial charge in [-0.2, -0.15) is 5.10 Å². The number of carbonyl (C=O) groups excluding carboxylic acids is 1. The van der Waals surface area contributed by atoms with Crippen molar-refractivity contribution in [2.75, 3.05) is 20.7 Å². The molecule has 3 rings (SSSR count). The summed E-state index contributed by atoms with van der Waals surface area (Å²) in [5.41, 5.74) is 2.00. The van der Waals surface area contributed by atoms with Gasteiger partial charge in [-0.3, -0.25) is 9.48 Å². The van der Waals surface area contributed by atoms with E-state index in [1.165, 1.54) is 18.4 Å². The van der Waals surface area contributed by atoms with Crippen molar-refractivity contribution in [1.82, 2.24) is 20.4 Å². The first-order valence-corrected chi connectivity index (χ1v) is 9.17. The van der Waals surface area contributed by atoms with Gasteiger partial charge in [0.1, 0.15) is 11.8 Å². The lowest BCUT2D eigenvalue weighted by Crippen LogP contribution is -2.43. The van der Waals surface area contributed by atoms with Crippen LogP contribution >= 0.6 is 0 Å². The van der Waals surface area contributed by atoms with E-state index in [-0.39, 0.29) is 11.3 Å². The molecule has 6 nitrogen and oxygen atoms in total. The number of amides is 1. The van der Waals surface area contributed by atoms with Crippen molar-refractivity contribution in [2.45, 2.75) is 37.1 Å². The molecule has 1 aliphatic carbocycles. The number of nitrogens with one attached hydrogen (secondary N) is 2. The SMILES string of the molecule is CNC(C(=O)NCC1(c2ccccc2OC)CCCC1)c1cnn(C)c1. The zero-order valence-corrected chi connectivity index (χ0v) is 15.8. The zero-order valence-electron chi connectivity index (χ0n) is 15.8. The molecule has 0 spiro atoms. The molecule has 0 radical (unpaired) electrons. The van der Waals surface area contributed by atoms with Crippen LogP contribution < -0.4 is 15.4 Å². The zero-order chi connectivity index (χ0) is 18.6. The first-order valence-electron chi connectivity index (χ1n) is 9.17. The number of rotatable bonds is 7. The van der Waals surface area contributed by atoms with Gasteiger partial charge in [0, 0.05) is 36.3 Å². The van der Waals surface area contributed by atoms with E-state index in [9.17, 15) is 4.79 Å². The summed E-state index contributed by atoms with van der Waals surface area (Å²) in [6.07, 6.45) is 8.06. The van der Waals surface area contributed by atoms with E-state index in [1.54, 1.807) is 25.0 Å². The van der Waals surface area contributed by atoms with Crippen molar-refractivity contribution in [1.29, 1.82) is 0 Å². The van der Waals surface area contributed by atoms with Crippen molar-refractivity contribution in [2.24, 2.45) is 7.05 Å². The van der Waals surface area contributed by atoms with Gasteiger partial charge in [-0.15, -0.1) is 0 Å². The predicted octanol–water partition coefficient (Wildman–Crippen LogP) is 2.32. The maximum Gasteiger partial charge on any atom is 0.241 e. The van der Waals surface area contributed by atoms with E-state index >= 15 is 0 Å². The highest BCUT2D eigenvalue weighted by Gasteiger charge is 2.38. The van der Waals surface area contributed by atoms with Crippen molar-refractivity contribution in [3.8, 4) is 5.75 Å². The number of benzene rings is 1. The summed E-state index contributed by atoms with van der Waals surface area (Å²) < 4.78 is 7.30. The highest BCUT2D eigenvalue weighted by Crippen LogP contribution is 2.44. The molecule has 1 fully saturated rings. The minimum absolute atomic E-state index is 0.0262. The highest BCUT2D eigenvalue weighted by molar-refractivity contribution is 5.83. The fraction of sp³-hybridized carbons (Fsp3) is 0.500. The molecule has 1 atom stereocenters. The minimum atomic E-state index is -0.403. The number of hydrogen-bond donors (Lipinski definition) is 2. The maximum atomic E-state index is 12.8. The number of nitrogens with zero attached hydrogens (tertiary/aromatic N) is 2. The van der Waals surface area contributed by atoms with Gasteiger partial charge in [-0.25, -0.2) is 0 Å². The summed E-state index contributed by atoms with van der Waals surface area (Å²) in [6, 6.07) is 7.77. The Kier molecular flexibility index (Phi) is 5.61. The molecule has 0 aliphatic heterocycles. The number of aryl methyl sites for hydroxylation is 1. The maximum absolute atomic E-state index is 12.8. The Morgan fingerprint density at radius 2 is 2.08 bits per heavy atom. The van der Waals surface area contributed by atoms with Gasteiger partial charge in [0.05, 0.1) is 13.3 Å². The van der Waals surface area contributed by atoms with Crippen molar-refractivity contribution >= 4 is 5.91 Å². The summed E-state index contributed by atoms with van der Waals surface area (Å²) in [5, 5.41) is 10.4. The molecule has 2 N–H and O–H groups in total. The van der Waals surface area contributed by atoms with Crippen LogP contribution in [0.3, 0.4) is 0 Å². The predicted molar refractivity (Wildman–Crippen MR) is 101 cm³/mol. The number of aromatic nitrogens is 2. The average Bonchev–Trinajstić information content (AvgIpc) is 3.31. The number of hydrogen-bond acceptors (Lipinski definition) is 4. The molecular formula is C20H28N4O2. The highest BCUT2D eigenvalue weighted by atomic mass is 16.5. The van der Waals surface area contributed by atoms with Gasteiger partial charge in [0.2, 0.25) is 5.91 Å². The summed E-state index contributed by atoms with van der Waals surface area (Å²) in [6.45, 7) is 0.616. The Bertz CT molecular complexity index is 750. The van der Waals surface area contributed by atoms with E-state index in [0.29, 0.717) is 6.54 Å². The minimum Gasteiger partial charge on any atom is -0.496 e. The van der Waals surface area contributed by atoms with Crippen LogP contribution in [-0.2, 0) is 17.3 Å². The van der Waals surface area contributed by atoms with Crippen molar-refractivity contribution < 1.29 is 9.53 Å². The summed E-state index contributed by atoms with van der Waals surface area (Å²) in [4.78, 5) is 12.8. The second kappa shape index (κ2) is 7.91. The monoisotopic (exact) mass is 356 g/mol. The second-order valence-corrected chi connectivity index (χ2v) is 7.07. The molecule has 2 aromatic rings. The van der Waals surface area contributed by atoms with Crippen LogP contribution in [0.2, 0.25) is 0 Å². The third-order valence-corrected chi connectivity index (χ3v) is 5.45. The Hall–Kier alpha value is -2.34. The molecule has 26 heavy (non-hydrogen) atoms. The first kappa shape index (κ1) is 18.5. The van der Waals surface area contributed by atoms with E-state index < -0.39 is 6.04 Å². The van der Waals surface area contributed by atoms with Crippen LogP contribution in [0.1, 0.15) is 42.9 Å². The topological polar surface area (TPSA) is 68.2 Å². The molecule has 1 unspecified atom stereocenters. The number of para-hydroxylation sites is 1. The van der Waals surface area contributed by atoms with Gasteiger partial charge >= 0.3 is 0 Å². The first-order chi connectivity index (χ1) is 12.6. The van der Waals surface area contributed by atoms with Crippen LogP contribution in [0.5, 0.6) is 5.75 Å². The summed E-state index contributed by atoms with van der Waals surface area (Å²) >= 11 is 0. The van der Waals surface area contributed by atoms with E-state index in [0.717, 1.165) is 24.2 Å². The Balaban J connectivity index is 1.77. The summed E-state index contributed by atoms with van der Waals surface area (Å²) in [5.74, 6) is 0.878. The van der Waals surface area contributed by atoms with Gasteiger partial charge in [-0.05, 0) is 26.0 Å². The third kappa shape index (κ3) is 3.60. The Morgan fingerprint density at radius 1 is 1.35 bits per heavy atom. The van der Waals surface area contributed by atoms with Crippen LogP contribution in [0.4, 0.5) is 0 Å². The Labute approximate surface area is 154 Å². The number of methoxy groups -OCH3 is 1. The smallest absolute Gasteiger partial charge is 0.241 e. The molecule has 1 aliphatic rings. The number of ether oxygens (including phenoxy) is 1. The molecule has 0 saturated heterocycles. The summed E-state index contributed by atoms with van der Waals surface area (Å²) in [7, 11) is 5.35. The molecule has 0 bridgehead atoms. The standard InChI is InChI=1S/C20H28N4O2/c1-21-18(15-12-23-24(2)13-15)19(25)22-14-20(10-6-7-11-20)16-8-4-5-9-17(16)26-3/h4-5,8-9,12-13,18,21H,6-7,10-11,14H2,1-3H3,(H,22,25). The largest absolute Gasteiger partial charge is 0.496 e. The van der Waals surface area contributed by atoms with E-state index in [4.69, 9.17) is 4.74 Å². The lowest BCUT2D eigenvalue weighted by atomic mass is 9.78. The van der Waals surface area contributed by atoms with Gasteiger partial charge in [-0.1, -0.05) is 31.0 Å². The van der Waals surface area contributed by atoms with Crippen LogP contribution in [0, 0.1) is 0 Å². The molecule has 1 aromatic heterocycles. The molecule has 6 heteroatoms. The van der Waals surface area contributed by atoms with E-state index in [1.807, 2.05) is 31.4 Å². The lowest BCUT2D eigenvalue weighted by molar-refractivity contribution is -0.123. The van der Waals surface area contributed by atoms with Crippen molar-refractivity contribution in [3.05, 3.63) is 47.8 Å². The molecule has 1 amide bonds. The van der Waals surface area contributed by atoms with Gasteiger partial charge in [0.25, 0.3) is 0 Å². The number of carbonyl (C=O) groups is 1. The average molecular weight is 356 g/mol. The van der Waals surface area contributed by atoms with Crippen molar-refractivity contribution in [3.63, 3.8) is 0 Å². The van der Waals surface area contributed by atoms with Crippen LogP contribution in [0.15, 0.2) is 36.7 Å². The van der Waals surface area contributed by atoms with Crippen LogP contribution in [0.25, 0.3) is 0 Å². The van der Waals surface area contributed by atoms with E-state index in [2.05, 4.69) is 21.8 Å². The molecule has 1 saturated carbocycles. The van der Waals surface area contributed by atoms with Gasteiger partial charge < -0.3 is 15.4 Å². The second-order valence-electron chi connectivity index (χ2n) is 7.07. The molecule has 1 aromatic carbocycles. The number of likely N-dealkylation sites (N-methyl/N-ethyl adjacent to an activating group) is 1. The van der Waals surface area contributed by atoms with Gasteiger partial charge in [0.15, 0.2) is 0 Å². The Morgan fingerprint density at radius 3 is 2.69 bits per heavy atom. The molecular weight excluding hydrogens is 328 g/mol. The van der Waals surface area contributed by atoms with Crippen LogP contribution in [-0.4, -0.2) is 36.4 Å². The lowest BCUT2D eigenvalue weighted by Gasteiger charge is -2.32. The molecule has 140 valence electrons. The quantitative estimate of drug-likeness (QED) is 0.799. The normalized spacial score (nSPS) is 17.0.